The second kappa shape index (κ2) is 11.5. The Balaban J connectivity index is 1.45. The minimum absolute atomic E-state index is 0.000572. The number of H-pyrrole nitrogens is 1. The molecule has 9 nitrogen and oxygen atoms in total. The largest absolute Gasteiger partial charge is 0.489 e. The molecule has 0 spiro atoms. The van der Waals surface area contributed by atoms with Crippen molar-refractivity contribution >= 4 is 35.1 Å². The molecule has 32 heavy (non-hydrogen) atoms. The Morgan fingerprint density at radius 3 is 2.84 bits per heavy atom. The summed E-state index contributed by atoms with van der Waals surface area (Å²) in [5.41, 5.74) is 0.810. The summed E-state index contributed by atoms with van der Waals surface area (Å²) in [5, 5.41) is 13.3. The number of rotatable bonds is 9. The number of nitrogens with one attached hydrogen (secondary N) is 2. The van der Waals surface area contributed by atoms with Gasteiger partial charge in [-0.3, -0.25) is 14.6 Å². The number of hydrogen-bond acceptors (Lipinski definition) is 7. The Hall–Kier alpha value is -2.33. The maximum atomic E-state index is 12.5. The molecule has 0 aliphatic carbocycles. The maximum absolute atomic E-state index is 12.5. The highest BCUT2D eigenvalue weighted by atomic mass is 35.5. The van der Waals surface area contributed by atoms with Crippen molar-refractivity contribution in [2.24, 2.45) is 0 Å². The molecule has 0 radical (unpaired) electrons. The molecule has 1 fully saturated rings. The molecule has 3 rings (SSSR count). The predicted molar refractivity (Wildman–Crippen MR) is 122 cm³/mol. The molecular formula is C21H26Cl2N4O5. The van der Waals surface area contributed by atoms with Gasteiger partial charge in [0, 0.05) is 37.3 Å². The zero-order valence-corrected chi connectivity index (χ0v) is 19.2. The highest BCUT2D eigenvalue weighted by molar-refractivity contribution is 6.42. The van der Waals surface area contributed by atoms with Gasteiger partial charge in [-0.25, -0.2) is 4.98 Å². The number of carbonyl (C=O) groups excluding carboxylic acids is 1. The molecule has 1 aliphatic heterocycles. The Morgan fingerprint density at radius 2 is 2.12 bits per heavy atom. The molecule has 1 aromatic heterocycles. The highest BCUT2D eigenvalue weighted by Crippen LogP contribution is 2.31. The third kappa shape index (κ3) is 6.59. The minimum atomic E-state index is -0.936. The van der Waals surface area contributed by atoms with Crippen molar-refractivity contribution in [1.82, 2.24) is 15.3 Å². The van der Waals surface area contributed by atoms with E-state index in [0.717, 1.165) is 0 Å². The van der Waals surface area contributed by atoms with Crippen molar-refractivity contribution in [3.63, 3.8) is 0 Å². The molecule has 1 saturated heterocycles. The van der Waals surface area contributed by atoms with Gasteiger partial charge in [-0.2, -0.15) is 0 Å². The second-order valence-electron chi connectivity index (χ2n) is 7.37. The van der Waals surface area contributed by atoms with Crippen molar-refractivity contribution in [2.75, 3.05) is 44.4 Å². The van der Waals surface area contributed by atoms with Crippen LogP contribution < -0.4 is 20.5 Å². The molecule has 1 unspecified atom stereocenters. The van der Waals surface area contributed by atoms with E-state index in [4.69, 9.17) is 32.7 Å². The fraction of sp³-hybridized carbons (Fsp3) is 0.476. The van der Waals surface area contributed by atoms with Crippen LogP contribution in [0, 0.1) is 6.92 Å². The lowest BCUT2D eigenvalue weighted by Crippen LogP contribution is -2.39. The van der Waals surface area contributed by atoms with E-state index in [0.29, 0.717) is 54.3 Å². The quantitative estimate of drug-likeness (QED) is 0.495. The number of aliphatic hydroxyl groups is 1. The summed E-state index contributed by atoms with van der Waals surface area (Å²) in [4.78, 5) is 33.9. The fourth-order valence-corrected chi connectivity index (χ4v) is 3.56. The third-order valence-corrected chi connectivity index (χ3v) is 5.81. The summed E-state index contributed by atoms with van der Waals surface area (Å²) < 4.78 is 10.8. The van der Waals surface area contributed by atoms with Gasteiger partial charge in [-0.1, -0.05) is 29.3 Å². The number of halogens is 2. The van der Waals surface area contributed by atoms with Crippen LogP contribution in [0.1, 0.15) is 17.7 Å². The normalized spacial score (nSPS) is 14.8. The van der Waals surface area contributed by atoms with Gasteiger partial charge in [0.25, 0.3) is 5.56 Å². The number of amides is 1. The number of aliphatic hydroxyl groups excluding tert-OH is 1. The Kier molecular flexibility index (Phi) is 8.75. The van der Waals surface area contributed by atoms with Gasteiger partial charge in [0.15, 0.2) is 0 Å². The zero-order chi connectivity index (χ0) is 23.1. The van der Waals surface area contributed by atoms with Gasteiger partial charge < -0.3 is 24.8 Å². The van der Waals surface area contributed by atoms with Gasteiger partial charge >= 0.3 is 0 Å². The van der Waals surface area contributed by atoms with E-state index in [1.807, 2.05) is 4.90 Å². The maximum Gasteiger partial charge on any atom is 0.255 e. The smallest absolute Gasteiger partial charge is 0.255 e. The van der Waals surface area contributed by atoms with E-state index in [1.165, 1.54) is 0 Å². The molecule has 0 saturated carbocycles. The van der Waals surface area contributed by atoms with Crippen molar-refractivity contribution in [3.05, 3.63) is 49.9 Å². The van der Waals surface area contributed by atoms with Crippen LogP contribution in [0.2, 0.25) is 10.0 Å². The summed E-state index contributed by atoms with van der Waals surface area (Å²) in [6.45, 7) is 4.21. The number of aryl methyl sites for hydroxylation is 1. The number of aromatic nitrogens is 2. The number of morpholine rings is 1. The molecule has 11 heteroatoms. The number of carbonyl (C=O) groups is 1. The van der Waals surface area contributed by atoms with E-state index in [2.05, 4.69) is 15.3 Å². The van der Waals surface area contributed by atoms with Crippen LogP contribution in [-0.2, 0) is 16.0 Å². The fourth-order valence-electron chi connectivity index (χ4n) is 3.21. The van der Waals surface area contributed by atoms with Crippen LogP contribution in [0.3, 0.4) is 0 Å². The van der Waals surface area contributed by atoms with Crippen LogP contribution in [-0.4, -0.2) is 66.5 Å². The molecular weight excluding hydrogens is 459 g/mol. The lowest BCUT2D eigenvalue weighted by molar-refractivity contribution is -0.121. The van der Waals surface area contributed by atoms with E-state index in [-0.39, 0.29) is 42.5 Å². The average Bonchev–Trinajstić information content (AvgIpc) is 2.78. The highest BCUT2D eigenvalue weighted by Gasteiger charge is 2.17. The number of anilines is 1. The lowest BCUT2D eigenvalue weighted by atomic mass is 10.1. The first-order chi connectivity index (χ1) is 15.3. The topological polar surface area (TPSA) is 117 Å². The summed E-state index contributed by atoms with van der Waals surface area (Å²) in [6, 6.07) is 4.95. The van der Waals surface area contributed by atoms with Crippen LogP contribution >= 0.6 is 23.2 Å². The van der Waals surface area contributed by atoms with Gasteiger partial charge in [-0.15, -0.1) is 0 Å². The van der Waals surface area contributed by atoms with Crippen LogP contribution in [0.5, 0.6) is 5.75 Å². The van der Waals surface area contributed by atoms with Gasteiger partial charge in [0.1, 0.15) is 23.5 Å². The third-order valence-electron chi connectivity index (χ3n) is 5.00. The zero-order valence-electron chi connectivity index (χ0n) is 17.7. The van der Waals surface area contributed by atoms with E-state index >= 15 is 0 Å². The van der Waals surface area contributed by atoms with E-state index in [9.17, 15) is 14.7 Å². The molecule has 2 aromatic rings. The van der Waals surface area contributed by atoms with Crippen molar-refractivity contribution in [1.29, 1.82) is 0 Å². The number of benzene rings is 1. The molecule has 1 aliphatic rings. The first kappa shape index (κ1) is 24.3. The van der Waals surface area contributed by atoms with Gasteiger partial charge in [-0.05, 0) is 25.5 Å². The molecule has 174 valence electrons. The van der Waals surface area contributed by atoms with Gasteiger partial charge in [0.05, 0.1) is 18.2 Å². The predicted octanol–water partition coefficient (Wildman–Crippen LogP) is 1.71. The number of ether oxygens (including phenoxy) is 2. The molecule has 1 atom stereocenters. The van der Waals surface area contributed by atoms with Crippen molar-refractivity contribution in [3.8, 4) is 5.75 Å². The summed E-state index contributed by atoms with van der Waals surface area (Å²) in [7, 11) is 0. The van der Waals surface area contributed by atoms with Crippen molar-refractivity contribution < 1.29 is 19.4 Å². The molecule has 3 N–H and O–H groups in total. The lowest BCUT2D eigenvalue weighted by Gasteiger charge is -2.27. The Bertz CT molecular complexity index is 995. The average molecular weight is 485 g/mol. The van der Waals surface area contributed by atoms with Crippen LogP contribution in [0.25, 0.3) is 0 Å². The molecule has 0 bridgehead atoms. The minimum Gasteiger partial charge on any atom is -0.489 e. The summed E-state index contributed by atoms with van der Waals surface area (Å²) in [6.07, 6.45) is -0.599. The standard InChI is InChI=1S/C21H26Cl2N4O5/c1-13-15(20(30)26-21(25-13)27-7-9-31-10-8-27)5-6-18(29)24-11-14(28)12-32-17-4-2-3-16(22)19(17)23/h2-4,14,28H,5-12H2,1H3,(H,24,29)(H,25,26,30). The first-order valence-corrected chi connectivity index (χ1v) is 11.0. The Labute approximate surface area is 195 Å². The number of aromatic amines is 1. The summed E-state index contributed by atoms with van der Waals surface area (Å²) >= 11 is 12.0. The summed E-state index contributed by atoms with van der Waals surface area (Å²) in [5.74, 6) is 0.583. The van der Waals surface area contributed by atoms with E-state index in [1.54, 1.807) is 25.1 Å². The SMILES string of the molecule is Cc1nc(N2CCOCC2)[nH]c(=O)c1CCC(=O)NCC(O)COc1cccc(Cl)c1Cl. The number of hydrogen-bond donors (Lipinski definition) is 3. The second-order valence-corrected chi connectivity index (χ2v) is 8.16. The molecule has 1 aromatic carbocycles. The van der Waals surface area contributed by atoms with Crippen LogP contribution in [0.4, 0.5) is 5.95 Å². The Morgan fingerprint density at radius 1 is 1.38 bits per heavy atom. The monoisotopic (exact) mass is 484 g/mol. The van der Waals surface area contributed by atoms with Gasteiger partial charge in [0.2, 0.25) is 11.9 Å². The van der Waals surface area contributed by atoms with Crippen LogP contribution in [0.15, 0.2) is 23.0 Å². The number of nitrogens with zero attached hydrogens (tertiary/aromatic N) is 2. The van der Waals surface area contributed by atoms with Crippen molar-refractivity contribution in [2.45, 2.75) is 25.9 Å². The molecule has 2 heterocycles. The first-order valence-electron chi connectivity index (χ1n) is 10.3. The molecule has 1 amide bonds. The van der Waals surface area contributed by atoms with E-state index < -0.39 is 6.10 Å².